The van der Waals surface area contributed by atoms with Gasteiger partial charge in [0.2, 0.25) is 11.8 Å². The van der Waals surface area contributed by atoms with Crippen molar-refractivity contribution in [1.29, 1.82) is 0 Å². The Balaban J connectivity index is 1.37. The molecule has 0 bridgehead atoms. The molecule has 0 saturated heterocycles. The van der Waals surface area contributed by atoms with Gasteiger partial charge in [-0.25, -0.2) is 4.79 Å². The molecule has 4 aromatic rings. The van der Waals surface area contributed by atoms with Crippen LogP contribution in [0.5, 0.6) is 0 Å². The third-order valence-corrected chi connectivity index (χ3v) is 10.8. The molecular formula is C36H37ClN2O4S2. The van der Waals surface area contributed by atoms with Gasteiger partial charge in [-0.05, 0) is 77.6 Å². The van der Waals surface area contributed by atoms with E-state index in [1.807, 2.05) is 66.7 Å². The minimum atomic E-state index is -0.613. The summed E-state index contributed by atoms with van der Waals surface area (Å²) >= 11 is 8.84. The highest BCUT2D eigenvalue weighted by Gasteiger charge is 2.35. The zero-order valence-corrected chi connectivity index (χ0v) is 28.2. The molecule has 2 amide bonds. The van der Waals surface area contributed by atoms with Crippen LogP contribution in [0.1, 0.15) is 64.4 Å². The first-order chi connectivity index (χ1) is 21.5. The number of fused-ring (bicyclic) bond motifs is 1. The van der Waals surface area contributed by atoms with E-state index in [-0.39, 0.29) is 23.7 Å². The van der Waals surface area contributed by atoms with Gasteiger partial charge in [-0.15, -0.1) is 23.1 Å². The summed E-state index contributed by atoms with van der Waals surface area (Å²) in [5.74, 6) is -0.325. The molecule has 234 valence electrons. The Morgan fingerprint density at radius 3 is 2.42 bits per heavy atom. The predicted octanol–water partition coefficient (Wildman–Crippen LogP) is 8.99. The Morgan fingerprint density at radius 2 is 1.73 bits per heavy atom. The van der Waals surface area contributed by atoms with Gasteiger partial charge < -0.3 is 15.4 Å². The first-order valence-corrected chi connectivity index (χ1v) is 17.0. The number of anilines is 2. The van der Waals surface area contributed by atoms with E-state index >= 15 is 0 Å². The lowest BCUT2D eigenvalue weighted by atomic mass is 9.72. The summed E-state index contributed by atoms with van der Waals surface area (Å²) in [6, 6.07) is 24.2. The van der Waals surface area contributed by atoms with Crippen molar-refractivity contribution in [1.82, 2.24) is 0 Å². The lowest BCUT2D eigenvalue weighted by Gasteiger charge is -2.33. The number of hydrogen-bond acceptors (Lipinski definition) is 6. The van der Waals surface area contributed by atoms with Crippen LogP contribution in [-0.2, 0) is 33.6 Å². The molecule has 3 aromatic carbocycles. The Hall–Kier alpha value is -3.59. The zero-order valence-electron chi connectivity index (χ0n) is 25.8. The third kappa shape index (κ3) is 8.17. The minimum Gasteiger partial charge on any atom is -0.465 e. The maximum atomic E-state index is 14.1. The highest BCUT2D eigenvalue weighted by molar-refractivity contribution is 8.00. The number of carbonyl (C=O) groups excluding carboxylic acids is 3. The van der Waals surface area contributed by atoms with E-state index in [1.54, 1.807) is 12.1 Å². The van der Waals surface area contributed by atoms with Crippen molar-refractivity contribution in [2.75, 3.05) is 17.7 Å². The van der Waals surface area contributed by atoms with Gasteiger partial charge in [-0.1, -0.05) is 80.9 Å². The molecule has 2 N–H and O–H groups in total. The Morgan fingerprint density at radius 1 is 1.00 bits per heavy atom. The van der Waals surface area contributed by atoms with Gasteiger partial charge in [0.25, 0.3) is 0 Å². The Bertz CT molecular complexity index is 1680. The van der Waals surface area contributed by atoms with Crippen molar-refractivity contribution in [3.63, 3.8) is 0 Å². The molecule has 0 spiro atoms. The SMILES string of the molecule is COC(=O)c1c(NC(=O)C(Sc2cccc(NC(=O)Cc3ccc(Cl)cc3)c2)c2ccccc2)sc2c1CCC(C(C)(C)C)C2. The number of hydrogen-bond donors (Lipinski definition) is 2. The maximum Gasteiger partial charge on any atom is 0.341 e. The summed E-state index contributed by atoms with van der Waals surface area (Å²) < 4.78 is 5.18. The lowest BCUT2D eigenvalue weighted by Crippen LogP contribution is -2.26. The molecule has 2 unspecified atom stereocenters. The fraction of sp³-hybridized carbons (Fsp3) is 0.306. The molecule has 2 atom stereocenters. The molecule has 9 heteroatoms. The summed E-state index contributed by atoms with van der Waals surface area (Å²) in [4.78, 5) is 41.8. The van der Waals surface area contributed by atoms with Gasteiger partial charge in [-0.2, -0.15) is 0 Å². The fourth-order valence-electron chi connectivity index (χ4n) is 5.59. The van der Waals surface area contributed by atoms with Gasteiger partial charge in [0.15, 0.2) is 0 Å². The summed E-state index contributed by atoms with van der Waals surface area (Å²) in [6.45, 7) is 6.76. The van der Waals surface area contributed by atoms with Crippen LogP contribution < -0.4 is 10.6 Å². The minimum absolute atomic E-state index is 0.148. The van der Waals surface area contributed by atoms with Crippen LogP contribution in [-0.4, -0.2) is 24.9 Å². The van der Waals surface area contributed by atoms with E-state index in [4.69, 9.17) is 16.3 Å². The number of benzene rings is 3. The number of ether oxygens (including phenoxy) is 1. The van der Waals surface area contributed by atoms with Crippen LogP contribution in [0.3, 0.4) is 0 Å². The number of nitrogens with one attached hydrogen (secondary N) is 2. The molecule has 0 radical (unpaired) electrons. The number of rotatable bonds is 9. The molecular weight excluding hydrogens is 624 g/mol. The van der Waals surface area contributed by atoms with Crippen LogP contribution >= 0.6 is 34.7 Å². The van der Waals surface area contributed by atoms with Gasteiger partial charge in [-0.3, -0.25) is 9.59 Å². The van der Waals surface area contributed by atoms with Crippen molar-refractivity contribution in [3.8, 4) is 0 Å². The van der Waals surface area contributed by atoms with Crippen molar-refractivity contribution in [2.24, 2.45) is 11.3 Å². The van der Waals surface area contributed by atoms with E-state index < -0.39 is 11.2 Å². The average molecular weight is 661 g/mol. The maximum absolute atomic E-state index is 14.1. The van der Waals surface area contributed by atoms with Crippen molar-refractivity contribution in [3.05, 3.63) is 111 Å². The molecule has 0 saturated carbocycles. The first-order valence-electron chi connectivity index (χ1n) is 14.9. The Kier molecular flexibility index (Phi) is 10.4. The molecule has 6 nitrogen and oxygen atoms in total. The molecule has 1 aliphatic rings. The van der Waals surface area contributed by atoms with Crippen molar-refractivity contribution in [2.45, 2.75) is 56.6 Å². The molecule has 45 heavy (non-hydrogen) atoms. The second-order valence-electron chi connectivity index (χ2n) is 12.3. The third-order valence-electron chi connectivity index (χ3n) is 8.11. The molecule has 0 aliphatic heterocycles. The number of thiophene rings is 1. The quantitative estimate of drug-likeness (QED) is 0.138. The van der Waals surface area contributed by atoms with Gasteiger partial charge in [0.1, 0.15) is 10.3 Å². The number of esters is 1. The molecule has 1 aliphatic carbocycles. The monoisotopic (exact) mass is 660 g/mol. The molecule has 0 fully saturated rings. The Labute approximate surface area is 277 Å². The van der Waals surface area contributed by atoms with Gasteiger partial charge >= 0.3 is 5.97 Å². The summed E-state index contributed by atoms with van der Waals surface area (Å²) in [7, 11) is 1.38. The number of thioether (sulfide) groups is 1. The number of carbonyl (C=O) groups is 3. The average Bonchev–Trinajstić information content (AvgIpc) is 3.37. The van der Waals surface area contributed by atoms with Crippen LogP contribution in [0.25, 0.3) is 0 Å². The number of amides is 2. The topological polar surface area (TPSA) is 84.5 Å². The summed E-state index contributed by atoms with van der Waals surface area (Å²) in [5.41, 5.74) is 3.94. The summed E-state index contributed by atoms with van der Waals surface area (Å²) in [5, 5.41) is 6.62. The normalized spacial score (nSPS) is 15.1. The lowest BCUT2D eigenvalue weighted by molar-refractivity contribution is -0.116. The second-order valence-corrected chi connectivity index (χ2v) is 15.0. The van der Waals surface area contributed by atoms with E-state index in [0.717, 1.165) is 45.7 Å². The van der Waals surface area contributed by atoms with Crippen LogP contribution in [0.4, 0.5) is 10.7 Å². The van der Waals surface area contributed by atoms with Crippen molar-refractivity contribution >= 4 is 63.2 Å². The van der Waals surface area contributed by atoms with E-state index in [1.165, 1.54) is 30.2 Å². The van der Waals surface area contributed by atoms with Crippen LogP contribution in [0.2, 0.25) is 5.02 Å². The standard InChI is InChI=1S/C36H37ClN2O4S2/c1-36(2,3)24-15-18-28-29(20-24)45-34(31(28)35(42)43-4)39-33(41)32(23-9-6-5-7-10-23)44-27-12-8-11-26(21-27)38-30(40)19-22-13-16-25(37)17-14-22/h5-14,16-17,21,24,32H,15,18-20H2,1-4H3,(H,38,40)(H,39,41). The second kappa shape index (κ2) is 14.2. The number of halogens is 1. The largest absolute Gasteiger partial charge is 0.465 e. The van der Waals surface area contributed by atoms with Crippen LogP contribution in [0, 0.1) is 11.3 Å². The van der Waals surface area contributed by atoms with Crippen LogP contribution in [0.15, 0.2) is 83.8 Å². The highest BCUT2D eigenvalue weighted by atomic mass is 35.5. The van der Waals surface area contributed by atoms with E-state index in [2.05, 4.69) is 31.4 Å². The van der Waals surface area contributed by atoms with Crippen molar-refractivity contribution < 1.29 is 19.1 Å². The molecule has 5 rings (SSSR count). The first kappa shape index (κ1) is 32.8. The van der Waals surface area contributed by atoms with Gasteiger partial charge in [0, 0.05) is 20.5 Å². The van der Waals surface area contributed by atoms with E-state index in [0.29, 0.717) is 27.2 Å². The fourth-order valence-corrected chi connectivity index (χ4v) is 8.11. The van der Waals surface area contributed by atoms with E-state index in [9.17, 15) is 14.4 Å². The zero-order chi connectivity index (χ0) is 32.1. The smallest absolute Gasteiger partial charge is 0.341 e. The predicted molar refractivity (Wildman–Crippen MR) is 185 cm³/mol. The number of methoxy groups -OCH3 is 1. The van der Waals surface area contributed by atoms with Gasteiger partial charge in [0.05, 0.1) is 19.1 Å². The molecule has 1 aromatic heterocycles. The highest BCUT2D eigenvalue weighted by Crippen LogP contribution is 2.45. The summed E-state index contributed by atoms with van der Waals surface area (Å²) in [6.07, 6.45) is 2.85. The molecule has 1 heterocycles.